The van der Waals surface area contributed by atoms with Crippen LogP contribution < -0.4 is 5.32 Å². The maximum absolute atomic E-state index is 10.9. The molecule has 2 N–H and O–H groups in total. The Morgan fingerprint density at radius 2 is 1.62 bits per heavy atom. The summed E-state index contributed by atoms with van der Waals surface area (Å²) in [5, 5.41) is 14.2. The van der Waals surface area contributed by atoms with E-state index in [1.807, 2.05) is 48.5 Å². The Kier molecular flexibility index (Phi) is 5.27. The fraction of sp³-hybridized carbons (Fsp3) is 0.0417. The Balaban J connectivity index is 1.45. The van der Waals surface area contributed by atoms with Crippen LogP contribution in [0.25, 0.3) is 32.6 Å². The normalized spacial score (nSPS) is 10.9. The Hall–Kier alpha value is -4.17. The first-order chi connectivity index (χ1) is 15.7. The van der Waals surface area contributed by atoms with Gasteiger partial charge < -0.3 is 10.4 Å². The van der Waals surface area contributed by atoms with Crippen molar-refractivity contribution in [3.8, 4) is 22.4 Å². The summed E-state index contributed by atoms with van der Waals surface area (Å²) in [4.78, 5) is 28.3. The van der Waals surface area contributed by atoms with E-state index in [0.717, 1.165) is 43.9 Å². The van der Waals surface area contributed by atoms with Crippen molar-refractivity contribution in [2.45, 2.75) is 6.42 Å². The van der Waals surface area contributed by atoms with Crippen molar-refractivity contribution in [2.24, 2.45) is 0 Å². The van der Waals surface area contributed by atoms with E-state index < -0.39 is 5.97 Å². The third-order valence-corrected chi connectivity index (χ3v) is 5.93. The van der Waals surface area contributed by atoms with Gasteiger partial charge in [-0.2, -0.15) is 0 Å². The molecular weight excluding hydrogens is 422 g/mol. The molecule has 0 aliphatic heterocycles. The number of aliphatic carboxylic acids is 1. The highest BCUT2D eigenvalue weighted by Crippen LogP contribution is 2.37. The van der Waals surface area contributed by atoms with Crippen LogP contribution in [0.2, 0.25) is 0 Å². The summed E-state index contributed by atoms with van der Waals surface area (Å²) in [6, 6.07) is 17.3. The summed E-state index contributed by atoms with van der Waals surface area (Å²) < 4.78 is 1.00. The molecule has 0 aliphatic rings. The number of carboxylic acids is 1. The molecule has 0 unspecified atom stereocenters. The lowest BCUT2D eigenvalue weighted by Crippen LogP contribution is -1.99. The second-order valence-electron chi connectivity index (χ2n) is 7.09. The van der Waals surface area contributed by atoms with Crippen LogP contribution in [0.5, 0.6) is 0 Å². The Morgan fingerprint density at radius 1 is 0.906 bits per heavy atom. The van der Waals surface area contributed by atoms with Gasteiger partial charge in [-0.3, -0.25) is 4.79 Å². The second kappa shape index (κ2) is 8.52. The summed E-state index contributed by atoms with van der Waals surface area (Å²) in [5.74, 6) is -0.296. The van der Waals surface area contributed by atoms with E-state index >= 15 is 0 Å². The average molecular weight is 440 g/mol. The minimum atomic E-state index is -0.839. The number of aromatic nitrogens is 4. The van der Waals surface area contributed by atoms with Crippen LogP contribution in [0.3, 0.4) is 0 Å². The van der Waals surface area contributed by atoms with Gasteiger partial charge >= 0.3 is 5.97 Å². The molecule has 0 aliphatic carbocycles. The molecule has 156 valence electrons. The van der Waals surface area contributed by atoms with Gasteiger partial charge in [-0.1, -0.05) is 36.4 Å². The number of thiophene rings is 1. The Morgan fingerprint density at radius 3 is 2.34 bits per heavy atom. The van der Waals surface area contributed by atoms with Gasteiger partial charge in [0.15, 0.2) is 0 Å². The molecule has 0 radical (unpaired) electrons. The van der Waals surface area contributed by atoms with Gasteiger partial charge in [-0.05, 0) is 29.3 Å². The molecule has 0 saturated carbocycles. The molecule has 3 heterocycles. The van der Waals surface area contributed by atoms with Crippen molar-refractivity contribution in [1.82, 2.24) is 19.9 Å². The summed E-state index contributed by atoms with van der Waals surface area (Å²) in [7, 11) is 0. The quantitative estimate of drug-likeness (QED) is 0.376. The van der Waals surface area contributed by atoms with E-state index in [1.165, 1.54) is 0 Å². The number of fused-ring (bicyclic) bond motifs is 1. The largest absolute Gasteiger partial charge is 0.481 e. The molecule has 5 aromatic rings. The van der Waals surface area contributed by atoms with Crippen molar-refractivity contribution in [1.29, 1.82) is 0 Å². The number of hydrogen-bond acceptors (Lipinski definition) is 7. The van der Waals surface area contributed by atoms with E-state index in [-0.39, 0.29) is 6.42 Å². The molecular formula is C24H17N5O2S. The first-order valence-corrected chi connectivity index (χ1v) is 10.7. The van der Waals surface area contributed by atoms with Crippen LogP contribution in [0.15, 0.2) is 78.7 Å². The SMILES string of the molecule is O=C(O)Cc1ccc(-c2csc3c(-c4ccc(Nc5ncccn5)cc4)ncnc23)cc1. The minimum absolute atomic E-state index is 0.0121. The number of hydrogen-bond donors (Lipinski definition) is 2. The van der Waals surface area contributed by atoms with Gasteiger partial charge in [0, 0.05) is 34.6 Å². The van der Waals surface area contributed by atoms with E-state index in [0.29, 0.717) is 5.95 Å². The predicted molar refractivity (Wildman–Crippen MR) is 125 cm³/mol. The molecule has 0 fully saturated rings. The molecule has 3 aromatic heterocycles. The summed E-state index contributed by atoms with van der Waals surface area (Å²) in [6.45, 7) is 0. The number of anilines is 2. The van der Waals surface area contributed by atoms with Crippen LogP contribution in [-0.2, 0) is 11.2 Å². The van der Waals surface area contributed by atoms with Crippen LogP contribution in [-0.4, -0.2) is 31.0 Å². The molecule has 0 amide bonds. The summed E-state index contributed by atoms with van der Waals surface area (Å²) >= 11 is 1.60. The van der Waals surface area contributed by atoms with Gasteiger partial charge in [-0.15, -0.1) is 11.3 Å². The van der Waals surface area contributed by atoms with Gasteiger partial charge in [0.2, 0.25) is 5.95 Å². The zero-order valence-electron chi connectivity index (χ0n) is 16.8. The van der Waals surface area contributed by atoms with Gasteiger partial charge in [0.05, 0.1) is 22.3 Å². The van der Waals surface area contributed by atoms with Crippen molar-refractivity contribution in [2.75, 3.05) is 5.32 Å². The fourth-order valence-electron chi connectivity index (χ4n) is 3.44. The predicted octanol–water partition coefficient (Wildman–Crippen LogP) is 5.19. The fourth-order valence-corrected chi connectivity index (χ4v) is 4.48. The first-order valence-electron chi connectivity index (χ1n) is 9.85. The number of benzene rings is 2. The van der Waals surface area contributed by atoms with Gasteiger partial charge in [0.25, 0.3) is 0 Å². The number of carbonyl (C=O) groups is 1. The molecule has 0 bridgehead atoms. The maximum Gasteiger partial charge on any atom is 0.307 e. The maximum atomic E-state index is 10.9. The topological polar surface area (TPSA) is 101 Å². The van der Waals surface area contributed by atoms with E-state index in [1.54, 1.807) is 36.1 Å². The number of nitrogens with one attached hydrogen (secondary N) is 1. The van der Waals surface area contributed by atoms with Gasteiger partial charge in [-0.25, -0.2) is 19.9 Å². The van der Waals surface area contributed by atoms with Crippen LogP contribution in [0.4, 0.5) is 11.6 Å². The van der Waals surface area contributed by atoms with Crippen molar-refractivity contribution >= 4 is 39.2 Å². The van der Waals surface area contributed by atoms with Crippen molar-refractivity contribution < 1.29 is 9.90 Å². The molecule has 32 heavy (non-hydrogen) atoms. The van der Waals surface area contributed by atoms with Crippen LogP contribution in [0.1, 0.15) is 5.56 Å². The van der Waals surface area contributed by atoms with Crippen LogP contribution in [0, 0.1) is 0 Å². The van der Waals surface area contributed by atoms with Crippen LogP contribution >= 0.6 is 11.3 Å². The molecule has 7 nitrogen and oxygen atoms in total. The summed E-state index contributed by atoms with van der Waals surface area (Å²) in [5.41, 5.74) is 6.40. The number of carboxylic acid groups (broad SMARTS) is 1. The molecule has 0 atom stereocenters. The van der Waals surface area contributed by atoms with Gasteiger partial charge in [0.1, 0.15) is 6.33 Å². The summed E-state index contributed by atoms with van der Waals surface area (Å²) in [6.07, 6.45) is 4.97. The second-order valence-corrected chi connectivity index (χ2v) is 7.97. The lowest BCUT2D eigenvalue weighted by molar-refractivity contribution is -0.136. The standard InChI is InChI=1S/C24H17N5O2S/c30-20(31)12-15-2-4-16(5-3-15)19-13-32-23-21(27-14-28-22(19)23)17-6-8-18(9-7-17)29-24-25-10-1-11-26-24/h1-11,13-14H,12H2,(H,30,31)(H,25,26,29). The Labute approximate surface area is 187 Å². The number of rotatable bonds is 6. The van der Waals surface area contributed by atoms with Crippen molar-refractivity contribution in [3.63, 3.8) is 0 Å². The highest BCUT2D eigenvalue weighted by atomic mass is 32.1. The van der Waals surface area contributed by atoms with E-state index in [2.05, 4.69) is 30.6 Å². The number of nitrogens with zero attached hydrogens (tertiary/aromatic N) is 4. The minimum Gasteiger partial charge on any atom is -0.481 e. The monoisotopic (exact) mass is 439 g/mol. The third kappa shape index (κ3) is 4.03. The molecule has 0 spiro atoms. The zero-order chi connectivity index (χ0) is 21.9. The molecule has 0 saturated heterocycles. The lowest BCUT2D eigenvalue weighted by atomic mass is 10.0. The molecule has 5 rings (SSSR count). The molecule has 2 aromatic carbocycles. The highest BCUT2D eigenvalue weighted by molar-refractivity contribution is 7.18. The average Bonchev–Trinajstić information content (AvgIpc) is 3.25. The molecule has 8 heteroatoms. The first kappa shape index (κ1) is 19.8. The van der Waals surface area contributed by atoms with Crippen molar-refractivity contribution in [3.05, 3.63) is 84.3 Å². The lowest BCUT2D eigenvalue weighted by Gasteiger charge is -2.07. The zero-order valence-corrected chi connectivity index (χ0v) is 17.6. The van der Waals surface area contributed by atoms with E-state index in [9.17, 15) is 4.79 Å². The smallest absolute Gasteiger partial charge is 0.307 e. The Bertz CT molecular complexity index is 1380. The highest BCUT2D eigenvalue weighted by Gasteiger charge is 2.14. The third-order valence-electron chi connectivity index (χ3n) is 4.95. The van der Waals surface area contributed by atoms with E-state index in [4.69, 9.17) is 5.11 Å².